The number of rotatable bonds is 5. The molecule has 0 aromatic carbocycles. The summed E-state index contributed by atoms with van der Waals surface area (Å²) in [6, 6.07) is -0.387. The van der Waals surface area contributed by atoms with Crippen LogP contribution in [0.1, 0.15) is 26.2 Å². The molecule has 0 spiro atoms. The van der Waals surface area contributed by atoms with E-state index in [-0.39, 0.29) is 12.5 Å². The van der Waals surface area contributed by atoms with Gasteiger partial charge in [-0.3, -0.25) is 4.79 Å². The van der Waals surface area contributed by atoms with Crippen LogP contribution in [0.3, 0.4) is 0 Å². The number of aliphatic carboxylic acids is 1. The van der Waals surface area contributed by atoms with Crippen molar-refractivity contribution in [1.82, 2.24) is 0 Å². The number of carbonyl (C=O) groups is 1. The Labute approximate surface area is 64.7 Å². The van der Waals surface area contributed by atoms with Gasteiger partial charge in [0.15, 0.2) is 0 Å². The molecule has 0 fully saturated rings. The first-order valence-corrected chi connectivity index (χ1v) is 3.46. The van der Waals surface area contributed by atoms with Crippen molar-refractivity contribution in [3.05, 3.63) is 10.4 Å². The lowest BCUT2D eigenvalue weighted by Crippen LogP contribution is -2.09. The molecule has 0 aromatic rings. The molecule has 0 aliphatic heterocycles. The van der Waals surface area contributed by atoms with Crippen LogP contribution in [0.15, 0.2) is 5.11 Å². The highest BCUT2D eigenvalue weighted by molar-refractivity contribution is 5.67. The number of hydrogen-bond acceptors (Lipinski definition) is 2. The summed E-state index contributed by atoms with van der Waals surface area (Å²) in [4.78, 5) is 12.7. The maximum atomic E-state index is 10.2. The number of carboxylic acids is 1. The smallest absolute Gasteiger partial charge is 0.303 e. The lowest BCUT2D eigenvalue weighted by Gasteiger charge is -2.04. The molecule has 11 heavy (non-hydrogen) atoms. The third kappa shape index (κ3) is 5.24. The first-order valence-electron chi connectivity index (χ1n) is 3.46. The fraction of sp³-hybridized carbons (Fsp3) is 0.833. The number of hydrogen-bond donors (Lipinski definition) is 1. The maximum Gasteiger partial charge on any atom is 0.303 e. The van der Waals surface area contributed by atoms with Gasteiger partial charge in [0.25, 0.3) is 0 Å². The third-order valence-electron chi connectivity index (χ3n) is 1.25. The average Bonchev–Trinajstić information content (AvgIpc) is 1.87. The summed E-state index contributed by atoms with van der Waals surface area (Å²) >= 11 is 0. The Kier molecular flexibility index (Phi) is 4.94. The standard InChI is InChI=1S/C6H11N3O2/c1-2-3-5(8-9-7)4-6(10)11/h5H,2-4H2,1H3,(H,10,11). The van der Waals surface area contributed by atoms with Crippen molar-refractivity contribution >= 4 is 5.97 Å². The zero-order valence-corrected chi connectivity index (χ0v) is 6.40. The van der Waals surface area contributed by atoms with Crippen LogP contribution in [0.2, 0.25) is 0 Å². The molecule has 0 radical (unpaired) electrons. The van der Waals surface area contributed by atoms with Gasteiger partial charge >= 0.3 is 5.97 Å². The van der Waals surface area contributed by atoms with Gasteiger partial charge in [0.2, 0.25) is 0 Å². The highest BCUT2D eigenvalue weighted by Crippen LogP contribution is 2.06. The lowest BCUT2D eigenvalue weighted by molar-refractivity contribution is -0.137. The third-order valence-corrected chi connectivity index (χ3v) is 1.25. The van der Waals surface area contributed by atoms with Gasteiger partial charge in [0.05, 0.1) is 6.42 Å². The van der Waals surface area contributed by atoms with Crippen LogP contribution in [0, 0.1) is 0 Å². The van der Waals surface area contributed by atoms with Gasteiger partial charge in [-0.05, 0) is 12.0 Å². The second-order valence-corrected chi connectivity index (χ2v) is 2.25. The predicted molar refractivity (Wildman–Crippen MR) is 40.1 cm³/mol. The second-order valence-electron chi connectivity index (χ2n) is 2.25. The van der Waals surface area contributed by atoms with E-state index < -0.39 is 5.97 Å². The molecule has 0 aromatic heterocycles. The van der Waals surface area contributed by atoms with Crippen molar-refractivity contribution < 1.29 is 9.90 Å². The largest absolute Gasteiger partial charge is 0.481 e. The van der Waals surface area contributed by atoms with Gasteiger partial charge < -0.3 is 5.11 Å². The van der Waals surface area contributed by atoms with E-state index in [0.717, 1.165) is 6.42 Å². The maximum absolute atomic E-state index is 10.2. The van der Waals surface area contributed by atoms with E-state index in [2.05, 4.69) is 10.0 Å². The molecular formula is C6H11N3O2. The summed E-state index contributed by atoms with van der Waals surface area (Å²) in [5.41, 5.74) is 8.04. The monoisotopic (exact) mass is 157 g/mol. The fourth-order valence-electron chi connectivity index (χ4n) is 0.808. The van der Waals surface area contributed by atoms with Gasteiger partial charge in [-0.25, -0.2) is 0 Å². The minimum absolute atomic E-state index is 0.0715. The van der Waals surface area contributed by atoms with E-state index in [1.54, 1.807) is 0 Å². The van der Waals surface area contributed by atoms with Crippen molar-refractivity contribution in [2.75, 3.05) is 0 Å². The minimum Gasteiger partial charge on any atom is -0.481 e. The van der Waals surface area contributed by atoms with Crippen molar-refractivity contribution in [1.29, 1.82) is 0 Å². The minimum atomic E-state index is -0.921. The van der Waals surface area contributed by atoms with E-state index >= 15 is 0 Å². The zero-order chi connectivity index (χ0) is 8.69. The summed E-state index contributed by atoms with van der Waals surface area (Å²) in [6.07, 6.45) is 1.39. The van der Waals surface area contributed by atoms with Crippen molar-refractivity contribution in [2.24, 2.45) is 5.11 Å². The Morgan fingerprint density at radius 3 is 2.82 bits per heavy atom. The van der Waals surface area contributed by atoms with Gasteiger partial charge in [-0.15, -0.1) is 0 Å². The molecule has 1 unspecified atom stereocenters. The van der Waals surface area contributed by atoms with Crippen molar-refractivity contribution in [3.63, 3.8) is 0 Å². The van der Waals surface area contributed by atoms with Gasteiger partial charge in [-0.1, -0.05) is 18.5 Å². The van der Waals surface area contributed by atoms with Gasteiger partial charge in [0.1, 0.15) is 0 Å². The molecular weight excluding hydrogens is 146 g/mol. The molecule has 0 aliphatic rings. The fourth-order valence-corrected chi connectivity index (χ4v) is 0.808. The highest BCUT2D eigenvalue weighted by atomic mass is 16.4. The van der Waals surface area contributed by atoms with E-state index in [1.165, 1.54) is 0 Å². The van der Waals surface area contributed by atoms with E-state index in [4.69, 9.17) is 10.6 Å². The van der Waals surface area contributed by atoms with Gasteiger partial charge in [-0.2, -0.15) is 0 Å². The molecule has 5 heteroatoms. The van der Waals surface area contributed by atoms with E-state index in [9.17, 15) is 4.79 Å². The summed E-state index contributed by atoms with van der Waals surface area (Å²) in [5, 5.41) is 11.7. The molecule has 0 rings (SSSR count). The molecule has 1 atom stereocenters. The quantitative estimate of drug-likeness (QED) is 0.375. The molecule has 0 saturated carbocycles. The highest BCUT2D eigenvalue weighted by Gasteiger charge is 2.09. The second kappa shape index (κ2) is 5.56. The van der Waals surface area contributed by atoms with Crippen LogP contribution in [0.4, 0.5) is 0 Å². The Balaban J connectivity index is 3.88. The van der Waals surface area contributed by atoms with Crippen LogP contribution in [0.25, 0.3) is 10.4 Å². The molecule has 0 bridgehead atoms. The predicted octanol–water partition coefficient (Wildman–Crippen LogP) is 1.94. The van der Waals surface area contributed by atoms with Gasteiger partial charge in [0, 0.05) is 11.0 Å². The van der Waals surface area contributed by atoms with Crippen molar-refractivity contribution in [3.8, 4) is 0 Å². The van der Waals surface area contributed by atoms with Crippen LogP contribution in [0.5, 0.6) is 0 Å². The van der Waals surface area contributed by atoms with Crippen molar-refractivity contribution in [2.45, 2.75) is 32.2 Å². The molecule has 0 heterocycles. The topological polar surface area (TPSA) is 86.1 Å². The molecule has 62 valence electrons. The molecule has 5 nitrogen and oxygen atoms in total. The normalized spacial score (nSPS) is 11.7. The number of azide groups is 1. The zero-order valence-electron chi connectivity index (χ0n) is 6.40. The molecule has 0 saturated heterocycles. The van der Waals surface area contributed by atoms with Crippen LogP contribution >= 0.6 is 0 Å². The Bertz CT molecular complexity index is 175. The van der Waals surface area contributed by atoms with Crippen LogP contribution in [-0.4, -0.2) is 17.1 Å². The molecule has 0 amide bonds. The van der Waals surface area contributed by atoms with E-state index in [0.29, 0.717) is 6.42 Å². The Morgan fingerprint density at radius 1 is 1.82 bits per heavy atom. The SMILES string of the molecule is CCCC(CC(=O)O)N=[N+]=[N-]. The number of carboxylic acid groups (broad SMARTS) is 1. The summed E-state index contributed by atoms with van der Waals surface area (Å²) in [5.74, 6) is -0.921. The van der Waals surface area contributed by atoms with Crippen LogP contribution in [-0.2, 0) is 4.79 Å². The Hall–Kier alpha value is -1.22. The summed E-state index contributed by atoms with van der Waals surface area (Å²) < 4.78 is 0. The lowest BCUT2D eigenvalue weighted by atomic mass is 10.1. The molecule has 1 N–H and O–H groups in total. The first kappa shape index (κ1) is 9.78. The average molecular weight is 157 g/mol. The van der Waals surface area contributed by atoms with Crippen LogP contribution < -0.4 is 0 Å². The summed E-state index contributed by atoms with van der Waals surface area (Å²) in [7, 11) is 0. The first-order chi connectivity index (χ1) is 5.20. The molecule has 0 aliphatic carbocycles. The Morgan fingerprint density at radius 2 is 2.45 bits per heavy atom. The number of nitrogens with zero attached hydrogens (tertiary/aromatic N) is 3. The summed E-state index contributed by atoms with van der Waals surface area (Å²) in [6.45, 7) is 1.92. The van der Waals surface area contributed by atoms with E-state index in [1.807, 2.05) is 6.92 Å².